The molecule has 0 saturated carbocycles. The summed E-state index contributed by atoms with van der Waals surface area (Å²) < 4.78 is 48.2. The van der Waals surface area contributed by atoms with Crippen LogP contribution in [0.3, 0.4) is 0 Å². The minimum absolute atomic E-state index is 0.0471. The van der Waals surface area contributed by atoms with Crippen LogP contribution in [0.15, 0.2) is 24.3 Å². The molecule has 1 aromatic heterocycles. The van der Waals surface area contributed by atoms with E-state index in [1.165, 1.54) is 6.92 Å². The van der Waals surface area contributed by atoms with Crippen LogP contribution < -0.4 is 0 Å². The summed E-state index contributed by atoms with van der Waals surface area (Å²) in [5.74, 6) is -2.97. The number of halogens is 3. The number of nitrogens with zero attached hydrogens (tertiary/aromatic N) is 1. The predicted octanol–water partition coefficient (Wildman–Crippen LogP) is 3.11. The zero-order valence-electron chi connectivity index (χ0n) is 12.9. The number of esters is 2. The lowest BCUT2D eigenvalue weighted by atomic mass is 9.96. The Labute approximate surface area is 131 Å². The zero-order chi connectivity index (χ0) is 17.8. The van der Waals surface area contributed by atoms with E-state index in [9.17, 15) is 22.8 Å². The summed E-state index contributed by atoms with van der Waals surface area (Å²) in [5.41, 5.74) is -1.69. The monoisotopic (exact) mass is 331 g/mol. The number of hydrogen-bond donors (Lipinski definition) is 0. The van der Waals surface area contributed by atoms with Crippen LogP contribution >= 0.6 is 0 Å². The molecule has 8 heteroatoms. The van der Waals surface area contributed by atoms with Gasteiger partial charge in [0.2, 0.25) is 0 Å². The molecule has 126 valence electrons. The summed E-state index contributed by atoms with van der Waals surface area (Å²) in [6, 6.07) is 1.63. The van der Waals surface area contributed by atoms with Gasteiger partial charge in [-0.2, -0.15) is 13.2 Å². The van der Waals surface area contributed by atoms with Gasteiger partial charge in [0.1, 0.15) is 11.6 Å². The minimum Gasteiger partial charge on any atom is -0.465 e. The quantitative estimate of drug-likeness (QED) is 0.613. The Bertz CT molecular complexity index is 626. The molecule has 1 unspecified atom stereocenters. The molecule has 1 rings (SSSR count). The van der Waals surface area contributed by atoms with Gasteiger partial charge in [-0.15, -0.1) is 0 Å². The number of hydrogen-bond acceptors (Lipinski definition) is 5. The fourth-order valence-corrected chi connectivity index (χ4v) is 1.88. The predicted molar refractivity (Wildman–Crippen MR) is 74.8 cm³/mol. The van der Waals surface area contributed by atoms with E-state index in [1.54, 1.807) is 6.92 Å². The number of pyridine rings is 1. The van der Waals surface area contributed by atoms with Crippen molar-refractivity contribution in [3.05, 3.63) is 41.2 Å². The van der Waals surface area contributed by atoms with Crippen molar-refractivity contribution in [3.8, 4) is 0 Å². The second-order valence-corrected chi connectivity index (χ2v) is 4.69. The summed E-state index contributed by atoms with van der Waals surface area (Å²) in [7, 11) is 1.04. The molecule has 0 radical (unpaired) electrons. The van der Waals surface area contributed by atoms with Gasteiger partial charge in [-0.05, 0) is 26.0 Å². The van der Waals surface area contributed by atoms with Crippen LogP contribution in [0.1, 0.15) is 41.5 Å². The molecule has 0 aromatic carbocycles. The van der Waals surface area contributed by atoms with Crippen molar-refractivity contribution in [1.29, 1.82) is 0 Å². The maximum Gasteiger partial charge on any atom is 0.433 e. The molecule has 0 aliphatic heterocycles. The van der Waals surface area contributed by atoms with Gasteiger partial charge in [0.15, 0.2) is 0 Å². The van der Waals surface area contributed by atoms with Crippen LogP contribution in [0.25, 0.3) is 0 Å². The van der Waals surface area contributed by atoms with Gasteiger partial charge in [0.25, 0.3) is 0 Å². The van der Waals surface area contributed by atoms with Crippen LogP contribution in [-0.4, -0.2) is 30.6 Å². The van der Waals surface area contributed by atoms with E-state index in [0.717, 1.165) is 13.2 Å². The van der Waals surface area contributed by atoms with Crippen molar-refractivity contribution < 1.29 is 32.2 Å². The van der Waals surface area contributed by atoms with Gasteiger partial charge in [0.05, 0.1) is 25.0 Å². The molecule has 1 atom stereocenters. The van der Waals surface area contributed by atoms with Crippen molar-refractivity contribution in [2.45, 2.75) is 25.9 Å². The number of aromatic nitrogens is 1. The highest BCUT2D eigenvalue weighted by molar-refractivity contribution is 5.90. The Balaban J connectivity index is 3.51. The van der Waals surface area contributed by atoms with E-state index in [0.29, 0.717) is 6.07 Å². The molecule has 0 fully saturated rings. The lowest BCUT2D eigenvalue weighted by Gasteiger charge is -2.17. The lowest BCUT2D eigenvalue weighted by Crippen LogP contribution is -2.21. The average molecular weight is 331 g/mol. The van der Waals surface area contributed by atoms with Gasteiger partial charge >= 0.3 is 18.1 Å². The molecular weight excluding hydrogens is 315 g/mol. The van der Waals surface area contributed by atoms with Crippen LogP contribution in [-0.2, 0) is 20.4 Å². The van der Waals surface area contributed by atoms with Crippen LogP contribution in [0.2, 0.25) is 0 Å². The lowest BCUT2D eigenvalue weighted by molar-refractivity contribution is -0.145. The first-order valence-corrected chi connectivity index (χ1v) is 6.61. The Morgan fingerprint density at radius 2 is 1.96 bits per heavy atom. The number of rotatable bonds is 5. The third kappa shape index (κ3) is 4.54. The van der Waals surface area contributed by atoms with E-state index in [-0.39, 0.29) is 23.4 Å². The van der Waals surface area contributed by atoms with E-state index in [1.807, 2.05) is 0 Å². The maximum absolute atomic E-state index is 13.0. The van der Waals surface area contributed by atoms with Crippen LogP contribution in [0, 0.1) is 0 Å². The Hall–Kier alpha value is -2.38. The first-order valence-electron chi connectivity index (χ1n) is 6.61. The number of ether oxygens (including phenoxy) is 2. The topological polar surface area (TPSA) is 65.5 Å². The number of carbonyl (C=O) groups is 2. The first-order chi connectivity index (χ1) is 10.6. The maximum atomic E-state index is 13.0. The van der Waals surface area contributed by atoms with Crippen molar-refractivity contribution >= 4 is 11.9 Å². The zero-order valence-corrected chi connectivity index (χ0v) is 12.9. The van der Waals surface area contributed by atoms with Gasteiger partial charge in [0, 0.05) is 0 Å². The Kier molecular flexibility index (Phi) is 5.89. The second kappa shape index (κ2) is 7.26. The Morgan fingerprint density at radius 3 is 2.39 bits per heavy atom. The number of methoxy groups -OCH3 is 1. The molecule has 0 N–H and O–H groups in total. The molecule has 0 spiro atoms. The average Bonchev–Trinajstić information content (AvgIpc) is 2.45. The molecule has 0 bridgehead atoms. The second-order valence-electron chi connectivity index (χ2n) is 4.69. The molecule has 0 aliphatic carbocycles. The summed E-state index contributed by atoms with van der Waals surface area (Å²) in [4.78, 5) is 27.0. The summed E-state index contributed by atoms with van der Waals surface area (Å²) >= 11 is 0. The molecule has 0 amide bonds. The van der Waals surface area contributed by atoms with E-state index in [4.69, 9.17) is 4.74 Å². The Morgan fingerprint density at radius 1 is 1.35 bits per heavy atom. The van der Waals surface area contributed by atoms with Gasteiger partial charge < -0.3 is 9.47 Å². The highest BCUT2D eigenvalue weighted by Gasteiger charge is 2.36. The largest absolute Gasteiger partial charge is 0.465 e. The fourth-order valence-electron chi connectivity index (χ4n) is 1.88. The summed E-state index contributed by atoms with van der Waals surface area (Å²) in [6.45, 7) is 6.65. The first kappa shape index (κ1) is 18.7. The standard InChI is InChI=1S/C15H16F3NO4/c1-5-23-14(21)12(8(2)3)10-6-9(13(20)22-4)7-11(19-10)15(16,17)18/h6-7,12H,2,5H2,1,3-4H3. The van der Waals surface area contributed by atoms with Gasteiger partial charge in [-0.25, -0.2) is 9.78 Å². The van der Waals surface area contributed by atoms with Gasteiger partial charge in [-0.1, -0.05) is 12.2 Å². The normalized spacial score (nSPS) is 12.4. The van der Waals surface area contributed by atoms with Crippen LogP contribution in [0.4, 0.5) is 13.2 Å². The molecule has 1 aromatic rings. The summed E-state index contributed by atoms with van der Waals surface area (Å²) in [6.07, 6.45) is -4.78. The van der Waals surface area contributed by atoms with E-state index >= 15 is 0 Å². The molecule has 1 heterocycles. The molecule has 0 aliphatic rings. The molecule has 5 nitrogen and oxygen atoms in total. The molecule has 0 saturated heterocycles. The fraction of sp³-hybridized carbons (Fsp3) is 0.400. The van der Waals surface area contributed by atoms with E-state index < -0.39 is 29.7 Å². The third-order valence-electron chi connectivity index (χ3n) is 2.87. The van der Waals surface area contributed by atoms with Crippen molar-refractivity contribution in [1.82, 2.24) is 4.98 Å². The highest BCUT2D eigenvalue weighted by atomic mass is 19.4. The van der Waals surface area contributed by atoms with Crippen LogP contribution in [0.5, 0.6) is 0 Å². The molecule has 23 heavy (non-hydrogen) atoms. The van der Waals surface area contributed by atoms with Crippen molar-refractivity contribution in [2.75, 3.05) is 13.7 Å². The number of alkyl halides is 3. The minimum atomic E-state index is -4.78. The summed E-state index contributed by atoms with van der Waals surface area (Å²) in [5, 5.41) is 0. The highest BCUT2D eigenvalue weighted by Crippen LogP contribution is 2.32. The smallest absolute Gasteiger partial charge is 0.433 e. The third-order valence-corrected chi connectivity index (χ3v) is 2.87. The van der Waals surface area contributed by atoms with E-state index in [2.05, 4.69) is 16.3 Å². The van der Waals surface area contributed by atoms with Crippen molar-refractivity contribution in [3.63, 3.8) is 0 Å². The van der Waals surface area contributed by atoms with Gasteiger partial charge in [-0.3, -0.25) is 4.79 Å². The number of carbonyl (C=O) groups excluding carboxylic acids is 2. The SMILES string of the molecule is C=C(C)C(C(=O)OCC)c1cc(C(=O)OC)cc(C(F)(F)F)n1. The van der Waals surface area contributed by atoms with Crippen molar-refractivity contribution in [2.24, 2.45) is 0 Å². The molecular formula is C15H16F3NO4.